The molecule has 0 aliphatic rings. The lowest BCUT2D eigenvalue weighted by Crippen LogP contribution is -2.50. The second-order valence-electron chi connectivity index (χ2n) is 5.07. The highest BCUT2D eigenvalue weighted by Crippen LogP contribution is 2.21. The molecule has 1 unspecified atom stereocenters. The van der Waals surface area contributed by atoms with E-state index in [4.69, 9.17) is 9.47 Å². The molecule has 4 nitrogen and oxygen atoms in total. The Bertz CT molecular complexity index is 624. The highest BCUT2D eigenvalue weighted by Gasteiger charge is 2.43. The van der Waals surface area contributed by atoms with E-state index in [2.05, 4.69) is 0 Å². The maximum Gasteiger partial charge on any atom is 0.340 e. The van der Waals surface area contributed by atoms with Crippen molar-refractivity contribution in [2.24, 2.45) is 0 Å². The Hall–Kier alpha value is -2.46. The molecule has 0 spiro atoms. The molecule has 0 saturated carbocycles. The van der Waals surface area contributed by atoms with E-state index in [9.17, 15) is 9.59 Å². The number of Topliss-reactive ketones (excluding diaryl/α,β-unsaturated/α-hetero) is 1. The van der Waals surface area contributed by atoms with Gasteiger partial charge >= 0.3 is 5.79 Å². The Balaban J connectivity index is 2.24. The average molecular weight is 311 g/mol. The van der Waals surface area contributed by atoms with Crippen LogP contribution in [0.5, 0.6) is 5.75 Å². The fourth-order valence-electron chi connectivity index (χ4n) is 2.07. The van der Waals surface area contributed by atoms with Crippen LogP contribution in [0, 0.1) is 0 Å². The zero-order valence-electron chi connectivity index (χ0n) is 13.0. The van der Waals surface area contributed by atoms with Crippen LogP contribution in [-0.2, 0) is 20.7 Å². The highest BCUT2D eigenvalue weighted by molar-refractivity contribution is 6.01. The van der Waals surface area contributed by atoms with Crippen molar-refractivity contribution in [3.05, 3.63) is 66.2 Å². The van der Waals surface area contributed by atoms with Gasteiger partial charge in [-0.05, 0) is 24.1 Å². The summed E-state index contributed by atoms with van der Waals surface area (Å²) < 4.78 is 11.1. The fourth-order valence-corrected chi connectivity index (χ4v) is 2.07. The van der Waals surface area contributed by atoms with Crippen LogP contribution < -0.4 is 4.74 Å². The van der Waals surface area contributed by atoms with Gasteiger partial charge in [0.2, 0.25) is 5.78 Å². The molecule has 0 fully saturated rings. The average Bonchev–Trinajstić information content (AvgIpc) is 2.60. The molecule has 0 aliphatic carbocycles. The number of carbonyl (C=O) groups excluding carboxylic acids is 2. The molecule has 1 atom stereocenters. The molecular weight excluding hydrogens is 292 g/mol. The summed E-state index contributed by atoms with van der Waals surface area (Å²) in [6.45, 7) is 2.11. The number of hydrogen-bond donors (Lipinski definition) is 0. The smallest absolute Gasteiger partial charge is 0.340 e. The van der Waals surface area contributed by atoms with Crippen LogP contribution in [0.2, 0.25) is 0 Å². The van der Waals surface area contributed by atoms with Crippen LogP contribution in [0.3, 0.4) is 0 Å². The van der Waals surface area contributed by atoms with E-state index < -0.39 is 11.6 Å². The van der Waals surface area contributed by atoms with Gasteiger partial charge in [-0.25, -0.2) is 0 Å². The van der Waals surface area contributed by atoms with Gasteiger partial charge in [0.15, 0.2) is 0 Å². The predicted octanol–water partition coefficient (Wildman–Crippen LogP) is 3.11. The molecule has 4 heteroatoms. The molecule has 2 aromatic rings. The number of ketones is 1. The van der Waals surface area contributed by atoms with Gasteiger partial charge in [-0.15, -0.1) is 0 Å². The van der Waals surface area contributed by atoms with Crippen LogP contribution in [0.1, 0.15) is 18.9 Å². The van der Waals surface area contributed by atoms with E-state index >= 15 is 0 Å². The topological polar surface area (TPSA) is 52.6 Å². The largest absolute Gasteiger partial charge is 0.448 e. The zero-order valence-corrected chi connectivity index (χ0v) is 13.0. The summed E-state index contributed by atoms with van der Waals surface area (Å²) >= 11 is 0. The lowest BCUT2D eigenvalue weighted by Gasteiger charge is -2.26. The first-order valence-electron chi connectivity index (χ1n) is 7.54. The molecular formula is C19H19O4. The van der Waals surface area contributed by atoms with Crippen molar-refractivity contribution in [1.82, 2.24) is 0 Å². The molecule has 119 valence electrons. The van der Waals surface area contributed by atoms with Gasteiger partial charge < -0.3 is 9.47 Å². The third kappa shape index (κ3) is 4.50. The molecule has 0 amide bonds. The third-order valence-corrected chi connectivity index (χ3v) is 3.22. The summed E-state index contributed by atoms with van der Waals surface area (Å²) in [5.74, 6) is -2.13. The number of para-hydroxylation sites is 1. The van der Waals surface area contributed by atoms with Crippen LogP contribution in [-0.4, -0.2) is 24.5 Å². The van der Waals surface area contributed by atoms with Gasteiger partial charge in [0.05, 0.1) is 6.61 Å². The first kappa shape index (κ1) is 16.9. The Morgan fingerprint density at radius 1 is 1.04 bits per heavy atom. The summed E-state index contributed by atoms with van der Waals surface area (Å²) in [5.41, 5.74) is 0.786. The van der Waals surface area contributed by atoms with Gasteiger partial charge in [-0.2, -0.15) is 0 Å². The van der Waals surface area contributed by atoms with Crippen molar-refractivity contribution in [2.45, 2.75) is 25.6 Å². The minimum absolute atomic E-state index is 0.0344. The quantitative estimate of drug-likeness (QED) is 0.527. The molecule has 0 saturated heterocycles. The van der Waals surface area contributed by atoms with E-state index in [0.717, 1.165) is 5.56 Å². The minimum Gasteiger partial charge on any atom is -0.448 e. The molecule has 0 aliphatic heterocycles. The Kier molecular flexibility index (Phi) is 6.06. The molecule has 23 heavy (non-hydrogen) atoms. The normalized spacial score (nSPS) is 13.1. The summed E-state index contributed by atoms with van der Waals surface area (Å²) in [6.07, 6.45) is 2.36. The molecule has 2 rings (SSSR count). The summed E-state index contributed by atoms with van der Waals surface area (Å²) in [6, 6.07) is 17.8. The molecule has 0 heterocycles. The molecule has 0 bridgehead atoms. The zero-order chi connectivity index (χ0) is 16.5. The van der Waals surface area contributed by atoms with Gasteiger partial charge in [0, 0.05) is 6.42 Å². The number of rotatable bonds is 9. The minimum atomic E-state index is -2.03. The monoisotopic (exact) mass is 311 g/mol. The second kappa shape index (κ2) is 8.25. The van der Waals surface area contributed by atoms with Crippen LogP contribution in [0.15, 0.2) is 60.7 Å². The van der Waals surface area contributed by atoms with Crippen molar-refractivity contribution < 1.29 is 19.1 Å². The maximum atomic E-state index is 12.7. The van der Waals surface area contributed by atoms with E-state index in [-0.39, 0.29) is 13.0 Å². The van der Waals surface area contributed by atoms with Gasteiger partial charge in [0.1, 0.15) is 5.75 Å². The summed E-state index contributed by atoms with van der Waals surface area (Å²) in [4.78, 5) is 24.2. The van der Waals surface area contributed by atoms with Gasteiger partial charge in [0.25, 0.3) is 6.29 Å². The van der Waals surface area contributed by atoms with Crippen LogP contribution in [0.25, 0.3) is 0 Å². The number of hydrogen-bond acceptors (Lipinski definition) is 4. The summed E-state index contributed by atoms with van der Waals surface area (Å²) in [5, 5.41) is 0. The predicted molar refractivity (Wildman–Crippen MR) is 86.9 cm³/mol. The van der Waals surface area contributed by atoms with E-state index in [1.54, 1.807) is 30.6 Å². The number of benzene rings is 2. The van der Waals surface area contributed by atoms with Crippen molar-refractivity contribution in [3.8, 4) is 5.75 Å². The molecule has 1 radical (unpaired) electrons. The standard InChI is InChI=1S/C19H19O4/c1-2-13-22-19(15-20,23-17-11-7-4-8-12-17)18(21)14-16-9-5-3-6-10-16/h3-12H,2,13-14H2,1H3. The molecule has 0 N–H and O–H groups in total. The summed E-state index contributed by atoms with van der Waals surface area (Å²) in [7, 11) is 0. The SMILES string of the molecule is CCCOC([C]=O)(Oc1ccccc1)C(=O)Cc1ccccc1. The van der Waals surface area contributed by atoms with Gasteiger partial charge in [-0.1, -0.05) is 55.5 Å². The van der Waals surface area contributed by atoms with Crippen molar-refractivity contribution in [3.63, 3.8) is 0 Å². The Morgan fingerprint density at radius 2 is 1.65 bits per heavy atom. The van der Waals surface area contributed by atoms with E-state index in [0.29, 0.717) is 12.2 Å². The van der Waals surface area contributed by atoms with Gasteiger partial charge in [-0.3, -0.25) is 9.59 Å². The number of carbonyl (C=O) groups is 1. The third-order valence-electron chi connectivity index (χ3n) is 3.22. The van der Waals surface area contributed by atoms with E-state index in [1.807, 2.05) is 43.3 Å². The highest BCUT2D eigenvalue weighted by atomic mass is 16.7. The Labute approximate surface area is 136 Å². The van der Waals surface area contributed by atoms with Crippen molar-refractivity contribution in [1.29, 1.82) is 0 Å². The maximum absolute atomic E-state index is 12.7. The van der Waals surface area contributed by atoms with E-state index in [1.165, 1.54) is 0 Å². The molecule has 2 aromatic carbocycles. The fraction of sp³-hybridized carbons (Fsp3) is 0.263. The first-order chi connectivity index (χ1) is 11.2. The number of ether oxygens (including phenoxy) is 2. The lowest BCUT2D eigenvalue weighted by molar-refractivity contribution is -0.167. The van der Waals surface area contributed by atoms with Crippen LogP contribution in [0.4, 0.5) is 0 Å². The second-order valence-corrected chi connectivity index (χ2v) is 5.07. The van der Waals surface area contributed by atoms with Crippen molar-refractivity contribution in [2.75, 3.05) is 6.61 Å². The first-order valence-corrected chi connectivity index (χ1v) is 7.54. The lowest BCUT2D eigenvalue weighted by atomic mass is 10.0. The Morgan fingerprint density at radius 3 is 2.22 bits per heavy atom. The van der Waals surface area contributed by atoms with Crippen LogP contribution >= 0.6 is 0 Å². The van der Waals surface area contributed by atoms with Crippen molar-refractivity contribution >= 4 is 12.1 Å². The molecule has 0 aromatic heterocycles.